The number of benzene rings is 2. The number of hydrogen-bond donors (Lipinski definition) is 1. The zero-order valence-electron chi connectivity index (χ0n) is 14.1. The van der Waals surface area contributed by atoms with E-state index < -0.39 is 11.0 Å². The zero-order valence-corrected chi connectivity index (χ0v) is 14.1. The van der Waals surface area contributed by atoms with E-state index in [0.29, 0.717) is 18.7 Å². The molecule has 0 aliphatic heterocycles. The first-order valence-electron chi connectivity index (χ1n) is 7.82. The van der Waals surface area contributed by atoms with E-state index in [1.54, 1.807) is 13.0 Å². The van der Waals surface area contributed by atoms with Crippen molar-refractivity contribution in [2.24, 2.45) is 0 Å². The Morgan fingerprint density at radius 1 is 1.24 bits per heavy atom. The highest BCUT2D eigenvalue weighted by atomic mass is 16.6. The van der Waals surface area contributed by atoms with Gasteiger partial charge < -0.3 is 14.8 Å². The number of methoxy groups -OCH3 is 1. The Kier molecular flexibility index (Phi) is 6.33. The minimum Gasteiger partial charge on any atom is -0.496 e. The number of ether oxygens (including phenoxy) is 2. The fraction of sp³-hybridized carbons (Fsp3) is 0.278. The summed E-state index contributed by atoms with van der Waals surface area (Å²) in [6.07, 6.45) is -0.162. The molecule has 25 heavy (non-hydrogen) atoms. The number of nitrogens with one attached hydrogen (secondary N) is 1. The van der Waals surface area contributed by atoms with Gasteiger partial charge in [-0.1, -0.05) is 30.3 Å². The quantitative estimate of drug-likeness (QED) is 0.587. The van der Waals surface area contributed by atoms with E-state index in [-0.39, 0.29) is 17.3 Å². The summed E-state index contributed by atoms with van der Waals surface area (Å²) in [6, 6.07) is 14.0. The average molecular weight is 344 g/mol. The second kappa shape index (κ2) is 8.68. The van der Waals surface area contributed by atoms with E-state index in [2.05, 4.69) is 5.32 Å². The molecule has 2 rings (SSSR count). The lowest BCUT2D eigenvalue weighted by atomic mass is 10.1. The molecule has 132 valence electrons. The highest BCUT2D eigenvalue weighted by Gasteiger charge is 2.21. The van der Waals surface area contributed by atoms with Gasteiger partial charge in [-0.2, -0.15) is 0 Å². The molecule has 0 radical (unpaired) electrons. The number of nitro benzene ring substituents is 1. The lowest BCUT2D eigenvalue weighted by Gasteiger charge is -2.15. The summed E-state index contributed by atoms with van der Waals surface area (Å²) in [5.41, 5.74) is 0.866. The molecule has 1 atom stereocenters. The maximum Gasteiger partial charge on any atom is 0.314 e. The Hall–Kier alpha value is -3.09. The van der Waals surface area contributed by atoms with Gasteiger partial charge in [0.1, 0.15) is 5.75 Å². The number of nitro groups is 1. The molecule has 1 amide bonds. The standard InChI is InChI=1S/C18H20N2O5/c1-13(18(21)19-11-10-14-6-4-3-5-7-14)25-17-9-8-15(24-2)12-16(17)20(22)23/h3-9,12-13H,10-11H2,1-2H3,(H,19,21)/t13-/m1/s1. The molecule has 0 unspecified atom stereocenters. The van der Waals surface area contributed by atoms with Crippen molar-refractivity contribution in [2.75, 3.05) is 13.7 Å². The Morgan fingerprint density at radius 3 is 2.60 bits per heavy atom. The van der Waals surface area contributed by atoms with E-state index in [9.17, 15) is 14.9 Å². The van der Waals surface area contributed by atoms with Gasteiger partial charge in [-0.3, -0.25) is 14.9 Å². The zero-order chi connectivity index (χ0) is 18.2. The summed E-state index contributed by atoms with van der Waals surface area (Å²) >= 11 is 0. The Bertz CT molecular complexity index is 734. The van der Waals surface area contributed by atoms with Crippen molar-refractivity contribution in [2.45, 2.75) is 19.4 Å². The third kappa shape index (κ3) is 5.20. The molecular weight excluding hydrogens is 324 g/mol. The smallest absolute Gasteiger partial charge is 0.314 e. The predicted molar refractivity (Wildman–Crippen MR) is 92.9 cm³/mol. The molecule has 0 bridgehead atoms. The number of hydrogen-bond acceptors (Lipinski definition) is 5. The fourth-order valence-corrected chi connectivity index (χ4v) is 2.23. The summed E-state index contributed by atoms with van der Waals surface area (Å²) in [6.45, 7) is 2.01. The minimum atomic E-state index is -0.858. The summed E-state index contributed by atoms with van der Waals surface area (Å²) in [5, 5.41) is 13.9. The maximum atomic E-state index is 12.1. The van der Waals surface area contributed by atoms with E-state index >= 15 is 0 Å². The summed E-state index contributed by atoms with van der Waals surface area (Å²) in [4.78, 5) is 22.7. The van der Waals surface area contributed by atoms with Gasteiger partial charge in [0.2, 0.25) is 0 Å². The van der Waals surface area contributed by atoms with Gasteiger partial charge in [0.15, 0.2) is 11.9 Å². The van der Waals surface area contributed by atoms with Crippen molar-refractivity contribution in [3.05, 3.63) is 64.2 Å². The summed E-state index contributed by atoms with van der Waals surface area (Å²) in [7, 11) is 1.42. The molecule has 0 spiro atoms. The van der Waals surface area contributed by atoms with E-state index in [0.717, 1.165) is 5.56 Å². The minimum absolute atomic E-state index is 0.0245. The molecule has 7 heteroatoms. The van der Waals surface area contributed by atoms with Crippen molar-refractivity contribution in [1.29, 1.82) is 0 Å². The van der Waals surface area contributed by atoms with Crippen LogP contribution in [0.4, 0.5) is 5.69 Å². The molecule has 2 aromatic rings. The number of nitrogens with zero attached hydrogens (tertiary/aromatic N) is 1. The number of amides is 1. The molecule has 0 saturated carbocycles. The van der Waals surface area contributed by atoms with Gasteiger partial charge in [-0.05, 0) is 31.0 Å². The van der Waals surface area contributed by atoms with E-state index in [4.69, 9.17) is 9.47 Å². The highest BCUT2D eigenvalue weighted by Crippen LogP contribution is 2.31. The number of carbonyl (C=O) groups excluding carboxylic acids is 1. The second-order valence-electron chi connectivity index (χ2n) is 5.38. The van der Waals surface area contributed by atoms with Crippen LogP contribution in [0.15, 0.2) is 48.5 Å². The summed E-state index contributed by atoms with van der Waals surface area (Å²) < 4.78 is 10.4. The van der Waals surface area contributed by atoms with Gasteiger partial charge in [0.05, 0.1) is 18.1 Å². The third-order valence-electron chi connectivity index (χ3n) is 3.59. The Morgan fingerprint density at radius 2 is 1.96 bits per heavy atom. The predicted octanol–water partition coefficient (Wildman–Crippen LogP) is 2.73. The Labute approximate surface area is 145 Å². The van der Waals surface area contributed by atoms with E-state index in [1.165, 1.54) is 19.2 Å². The molecule has 1 N–H and O–H groups in total. The van der Waals surface area contributed by atoms with Crippen LogP contribution in [-0.4, -0.2) is 30.6 Å². The van der Waals surface area contributed by atoms with Gasteiger partial charge in [0.25, 0.3) is 5.91 Å². The molecule has 0 saturated heterocycles. The van der Waals surface area contributed by atoms with Crippen molar-refractivity contribution >= 4 is 11.6 Å². The lowest BCUT2D eigenvalue weighted by molar-refractivity contribution is -0.386. The monoisotopic (exact) mass is 344 g/mol. The van der Waals surface area contributed by atoms with Crippen LogP contribution < -0.4 is 14.8 Å². The van der Waals surface area contributed by atoms with Crippen molar-refractivity contribution < 1.29 is 19.2 Å². The third-order valence-corrected chi connectivity index (χ3v) is 3.59. The topological polar surface area (TPSA) is 90.7 Å². The second-order valence-corrected chi connectivity index (χ2v) is 5.38. The van der Waals surface area contributed by atoms with Crippen LogP contribution in [0.2, 0.25) is 0 Å². The first-order chi connectivity index (χ1) is 12.0. The largest absolute Gasteiger partial charge is 0.496 e. The van der Waals surface area contributed by atoms with Gasteiger partial charge >= 0.3 is 5.69 Å². The maximum absolute atomic E-state index is 12.1. The molecule has 0 fully saturated rings. The van der Waals surface area contributed by atoms with Crippen molar-refractivity contribution in [3.8, 4) is 11.5 Å². The summed E-state index contributed by atoms with van der Waals surface area (Å²) in [5.74, 6) is 0.0385. The van der Waals surface area contributed by atoms with Crippen LogP contribution in [0.5, 0.6) is 11.5 Å². The van der Waals surface area contributed by atoms with Crippen LogP contribution in [0.1, 0.15) is 12.5 Å². The first-order valence-corrected chi connectivity index (χ1v) is 7.82. The van der Waals surface area contributed by atoms with Crippen molar-refractivity contribution in [1.82, 2.24) is 5.32 Å². The molecule has 7 nitrogen and oxygen atoms in total. The number of rotatable bonds is 8. The van der Waals surface area contributed by atoms with Crippen LogP contribution in [-0.2, 0) is 11.2 Å². The fourth-order valence-electron chi connectivity index (χ4n) is 2.23. The highest BCUT2D eigenvalue weighted by molar-refractivity contribution is 5.80. The molecule has 2 aromatic carbocycles. The lowest BCUT2D eigenvalue weighted by Crippen LogP contribution is -2.37. The van der Waals surface area contributed by atoms with E-state index in [1.807, 2.05) is 30.3 Å². The normalized spacial score (nSPS) is 11.4. The Balaban J connectivity index is 1.93. The van der Waals surface area contributed by atoms with Crippen LogP contribution >= 0.6 is 0 Å². The SMILES string of the molecule is COc1ccc(O[C@H](C)C(=O)NCCc2ccccc2)c([N+](=O)[O-])c1. The average Bonchev–Trinajstić information content (AvgIpc) is 2.62. The molecule has 0 heterocycles. The first kappa shape index (κ1) is 18.3. The van der Waals surface area contributed by atoms with Crippen LogP contribution in [0, 0.1) is 10.1 Å². The van der Waals surface area contributed by atoms with Gasteiger partial charge in [-0.15, -0.1) is 0 Å². The molecular formula is C18H20N2O5. The van der Waals surface area contributed by atoms with Gasteiger partial charge in [-0.25, -0.2) is 0 Å². The molecule has 0 aliphatic carbocycles. The van der Waals surface area contributed by atoms with Gasteiger partial charge in [0, 0.05) is 6.54 Å². The van der Waals surface area contributed by atoms with Crippen LogP contribution in [0.25, 0.3) is 0 Å². The molecule has 0 aliphatic rings. The van der Waals surface area contributed by atoms with Crippen LogP contribution in [0.3, 0.4) is 0 Å². The number of carbonyl (C=O) groups is 1. The van der Waals surface area contributed by atoms with Crippen molar-refractivity contribution in [3.63, 3.8) is 0 Å². The molecule has 0 aromatic heterocycles.